The molecule has 4 nitrogen and oxygen atoms in total. The van der Waals surface area contributed by atoms with Gasteiger partial charge in [-0.25, -0.2) is 0 Å². The van der Waals surface area contributed by atoms with E-state index in [0.717, 1.165) is 33.0 Å². The molecule has 0 amide bonds. The summed E-state index contributed by atoms with van der Waals surface area (Å²) in [5, 5.41) is 15.7. The van der Waals surface area contributed by atoms with Crippen LogP contribution in [0.2, 0.25) is 5.04 Å². The Morgan fingerprint density at radius 1 is 0.512 bits per heavy atom. The molecule has 6 rings (SSSR count). The van der Waals surface area contributed by atoms with Crippen molar-refractivity contribution in [1.29, 1.82) is 0 Å². The smallest absolute Gasteiger partial charge is 0.319 e. The van der Waals surface area contributed by atoms with Gasteiger partial charge in [-0.15, -0.1) is 0 Å². The van der Waals surface area contributed by atoms with Gasteiger partial charge < -0.3 is 21.0 Å². The Labute approximate surface area is 243 Å². The molecule has 0 bridgehead atoms. The number of rotatable bonds is 4. The van der Waals surface area contributed by atoms with E-state index in [0.29, 0.717) is 5.69 Å². The van der Waals surface area contributed by atoms with Gasteiger partial charge in [0, 0.05) is 32.9 Å². The Hall–Kier alpha value is -4.74. The van der Waals surface area contributed by atoms with Gasteiger partial charge in [0.1, 0.15) is 11.5 Å². The van der Waals surface area contributed by atoms with Gasteiger partial charge in [-0.1, -0.05) is 130 Å². The zero-order valence-electron chi connectivity index (χ0n) is 23.7. The summed E-state index contributed by atoms with van der Waals surface area (Å²) in [6, 6.07) is 44.4. The van der Waals surface area contributed by atoms with Crippen LogP contribution in [0.3, 0.4) is 0 Å². The molecule has 0 radical (unpaired) electrons. The van der Waals surface area contributed by atoms with E-state index in [9.17, 15) is 5.11 Å². The van der Waals surface area contributed by atoms with Crippen molar-refractivity contribution in [3.63, 3.8) is 0 Å². The maximum atomic E-state index is 9.44. The molecule has 0 aliphatic heterocycles. The molecule has 0 saturated heterocycles. The highest BCUT2D eigenvalue weighted by atomic mass is 28.4. The largest absolute Gasteiger partial charge is 0.534 e. The number of nitrogen functional groups attached to an aromatic ring is 2. The minimum atomic E-state index is -2.67. The second-order valence-corrected chi connectivity index (χ2v) is 15.4. The maximum absolute atomic E-state index is 9.44. The summed E-state index contributed by atoms with van der Waals surface area (Å²) in [7, 11) is -2.67. The standard InChI is InChI=1S/C26H27NOSi.C10H9NO/c1-26(2,3)29(20-12-6-4-7-13-20,21-14-8-5-9-15-21)28-25-19-11-16-22-23(25)17-10-18-24(22)27;11-9-5-1-4-8-7(9)3-2-6-10(8)12/h4-19H,27H2,1-3H3;1-6,12H,11H2. The third-order valence-corrected chi connectivity index (χ3v) is 12.5. The van der Waals surface area contributed by atoms with E-state index in [1.165, 1.54) is 10.4 Å². The minimum Gasteiger partial charge on any atom is -0.534 e. The van der Waals surface area contributed by atoms with Crippen molar-refractivity contribution in [2.45, 2.75) is 25.8 Å². The Bertz CT molecular complexity index is 1700. The molecule has 0 atom stereocenters. The topological polar surface area (TPSA) is 81.5 Å². The lowest BCUT2D eigenvalue weighted by molar-refractivity contribution is 0.481. The lowest BCUT2D eigenvalue weighted by atomic mass is 10.1. The quantitative estimate of drug-likeness (QED) is 0.155. The number of anilines is 2. The predicted octanol–water partition coefficient (Wildman–Crippen LogP) is 7.49. The van der Waals surface area contributed by atoms with Crippen LogP contribution in [-0.2, 0) is 0 Å². The van der Waals surface area contributed by atoms with E-state index in [2.05, 4.69) is 99.6 Å². The number of fused-ring (bicyclic) bond motifs is 2. The number of hydrogen-bond acceptors (Lipinski definition) is 4. The monoisotopic (exact) mass is 556 g/mol. The van der Waals surface area contributed by atoms with Gasteiger partial charge in [-0.3, -0.25) is 0 Å². The van der Waals surface area contributed by atoms with Crippen molar-refractivity contribution < 1.29 is 9.53 Å². The minimum absolute atomic E-state index is 0.0851. The molecule has 0 aliphatic carbocycles. The van der Waals surface area contributed by atoms with Crippen LogP contribution in [0.1, 0.15) is 20.8 Å². The molecule has 41 heavy (non-hydrogen) atoms. The Kier molecular flexibility index (Phi) is 7.73. The van der Waals surface area contributed by atoms with Crippen molar-refractivity contribution in [1.82, 2.24) is 0 Å². The van der Waals surface area contributed by atoms with Crippen molar-refractivity contribution in [2.75, 3.05) is 11.5 Å². The molecule has 206 valence electrons. The summed E-state index contributed by atoms with van der Waals surface area (Å²) in [6.07, 6.45) is 0. The average molecular weight is 557 g/mol. The fourth-order valence-electron chi connectivity index (χ4n) is 5.53. The summed E-state index contributed by atoms with van der Waals surface area (Å²) in [5.41, 5.74) is 13.4. The van der Waals surface area contributed by atoms with E-state index in [1.54, 1.807) is 12.1 Å². The highest BCUT2D eigenvalue weighted by Gasteiger charge is 2.52. The van der Waals surface area contributed by atoms with E-state index < -0.39 is 8.32 Å². The summed E-state index contributed by atoms with van der Waals surface area (Å²) >= 11 is 0. The van der Waals surface area contributed by atoms with Gasteiger partial charge in [-0.2, -0.15) is 0 Å². The zero-order chi connectivity index (χ0) is 29.0. The first-order valence-electron chi connectivity index (χ1n) is 13.8. The van der Waals surface area contributed by atoms with Crippen molar-refractivity contribution in [3.8, 4) is 11.5 Å². The van der Waals surface area contributed by atoms with Crippen LogP contribution in [0.15, 0.2) is 133 Å². The van der Waals surface area contributed by atoms with Gasteiger partial charge in [0.2, 0.25) is 0 Å². The van der Waals surface area contributed by atoms with E-state index in [-0.39, 0.29) is 10.8 Å². The fraction of sp³-hybridized carbons (Fsp3) is 0.111. The van der Waals surface area contributed by atoms with Crippen LogP contribution in [0.25, 0.3) is 21.5 Å². The zero-order valence-corrected chi connectivity index (χ0v) is 24.7. The van der Waals surface area contributed by atoms with Crippen LogP contribution >= 0.6 is 0 Å². The lowest BCUT2D eigenvalue weighted by Gasteiger charge is -2.43. The summed E-state index contributed by atoms with van der Waals surface area (Å²) in [4.78, 5) is 0. The number of phenolic OH excluding ortho intramolecular Hbond substituents is 1. The molecule has 0 fully saturated rings. The maximum Gasteiger partial charge on any atom is 0.319 e. The van der Waals surface area contributed by atoms with Gasteiger partial charge in [0.05, 0.1) is 0 Å². The highest BCUT2D eigenvalue weighted by Crippen LogP contribution is 2.40. The molecule has 0 spiro atoms. The SMILES string of the molecule is CC(C)(C)[Si](Oc1cccc2c(N)cccc12)(c1ccccc1)c1ccccc1.Nc1cccc2c(O)cccc12. The van der Waals surface area contributed by atoms with Crippen LogP contribution < -0.4 is 26.3 Å². The second kappa shape index (κ2) is 11.4. The van der Waals surface area contributed by atoms with E-state index in [1.807, 2.05) is 42.5 Å². The normalized spacial score (nSPS) is 11.6. The molecule has 0 aromatic heterocycles. The van der Waals surface area contributed by atoms with Gasteiger partial charge in [-0.05, 0) is 39.7 Å². The van der Waals surface area contributed by atoms with Crippen molar-refractivity contribution >= 4 is 51.6 Å². The Morgan fingerprint density at radius 3 is 1.46 bits per heavy atom. The summed E-state index contributed by atoms with van der Waals surface area (Å²) in [6.45, 7) is 6.87. The molecular weight excluding hydrogens is 520 g/mol. The average Bonchev–Trinajstić information content (AvgIpc) is 2.98. The lowest BCUT2D eigenvalue weighted by Crippen LogP contribution is -2.68. The number of hydrogen-bond donors (Lipinski definition) is 3. The third-order valence-electron chi connectivity index (χ3n) is 7.53. The van der Waals surface area contributed by atoms with Crippen LogP contribution in [0.4, 0.5) is 11.4 Å². The molecule has 6 aromatic carbocycles. The van der Waals surface area contributed by atoms with Crippen molar-refractivity contribution in [2.24, 2.45) is 0 Å². The van der Waals surface area contributed by atoms with Gasteiger partial charge in [0.15, 0.2) is 0 Å². The third kappa shape index (κ3) is 5.36. The first-order valence-corrected chi connectivity index (χ1v) is 15.7. The number of nitrogens with two attached hydrogens (primary N) is 2. The molecule has 0 saturated carbocycles. The van der Waals surface area contributed by atoms with Crippen LogP contribution in [0, 0.1) is 0 Å². The molecule has 5 heteroatoms. The number of phenols is 1. The van der Waals surface area contributed by atoms with E-state index >= 15 is 0 Å². The van der Waals surface area contributed by atoms with Crippen LogP contribution in [-0.4, -0.2) is 13.4 Å². The predicted molar refractivity (Wildman–Crippen MR) is 177 cm³/mol. The first-order chi connectivity index (χ1) is 19.7. The highest BCUT2D eigenvalue weighted by molar-refractivity contribution is 7.00. The van der Waals surface area contributed by atoms with Gasteiger partial charge >= 0.3 is 8.32 Å². The molecule has 5 N–H and O–H groups in total. The Balaban J connectivity index is 0.000000234. The second-order valence-electron chi connectivity index (χ2n) is 11.2. The van der Waals surface area contributed by atoms with Crippen molar-refractivity contribution in [3.05, 3.63) is 133 Å². The Morgan fingerprint density at radius 2 is 0.951 bits per heavy atom. The molecule has 0 heterocycles. The molecular formula is C36H36N2O2Si. The fourth-order valence-corrected chi connectivity index (χ4v) is 9.97. The first kappa shape index (κ1) is 27.8. The van der Waals surface area contributed by atoms with Gasteiger partial charge in [0.25, 0.3) is 0 Å². The summed E-state index contributed by atoms with van der Waals surface area (Å²) < 4.78 is 7.19. The van der Waals surface area contributed by atoms with Crippen LogP contribution in [0.5, 0.6) is 11.5 Å². The number of aromatic hydroxyl groups is 1. The summed E-state index contributed by atoms with van der Waals surface area (Å²) in [5.74, 6) is 1.17. The molecule has 0 unspecified atom stereocenters. The number of benzene rings is 6. The molecule has 6 aromatic rings. The molecule has 0 aliphatic rings. The van der Waals surface area contributed by atoms with E-state index in [4.69, 9.17) is 15.9 Å².